The molecule has 1 heterocycles. The van der Waals surface area contributed by atoms with E-state index in [1.165, 1.54) is 11.8 Å². The number of nitrogens with one attached hydrogen (secondary N) is 1. The first-order valence-corrected chi connectivity index (χ1v) is 10.2. The van der Waals surface area contributed by atoms with Crippen LogP contribution in [-0.4, -0.2) is 56.2 Å². The average molecular weight is 488 g/mol. The van der Waals surface area contributed by atoms with E-state index in [0.717, 1.165) is 15.6 Å². The van der Waals surface area contributed by atoms with Gasteiger partial charge >= 0.3 is 12.0 Å². The SMILES string of the molecule is CC(=O)N(CCC(=O)O)N1C(=O)N(Cc2ccccc2)C(C)(c2ccc(C(=N)N)cc2)C1=O.Cl. The van der Waals surface area contributed by atoms with Crippen LogP contribution in [0.4, 0.5) is 4.79 Å². The van der Waals surface area contributed by atoms with E-state index in [2.05, 4.69) is 0 Å². The maximum absolute atomic E-state index is 13.7. The van der Waals surface area contributed by atoms with Gasteiger partial charge in [-0.25, -0.2) is 9.80 Å². The Morgan fingerprint density at radius 1 is 1.09 bits per heavy atom. The van der Waals surface area contributed by atoms with Crippen molar-refractivity contribution < 1.29 is 24.3 Å². The molecule has 1 aliphatic rings. The van der Waals surface area contributed by atoms with E-state index in [9.17, 15) is 19.2 Å². The maximum Gasteiger partial charge on any atom is 0.347 e. The van der Waals surface area contributed by atoms with Crippen molar-refractivity contribution in [3.8, 4) is 0 Å². The van der Waals surface area contributed by atoms with Crippen LogP contribution in [-0.2, 0) is 26.5 Å². The Bertz CT molecular complexity index is 1110. The van der Waals surface area contributed by atoms with E-state index in [-0.39, 0.29) is 31.3 Å². The highest BCUT2D eigenvalue weighted by Gasteiger charge is 2.57. The smallest absolute Gasteiger partial charge is 0.347 e. The van der Waals surface area contributed by atoms with Crippen molar-refractivity contribution in [2.45, 2.75) is 32.4 Å². The summed E-state index contributed by atoms with van der Waals surface area (Å²) < 4.78 is 0. The summed E-state index contributed by atoms with van der Waals surface area (Å²) in [5.41, 5.74) is 5.74. The number of hydrogen-bond acceptors (Lipinski definition) is 5. The topological polar surface area (TPSA) is 148 Å². The minimum atomic E-state index is -1.49. The first-order valence-electron chi connectivity index (χ1n) is 10.2. The Morgan fingerprint density at radius 3 is 2.18 bits per heavy atom. The second-order valence-electron chi connectivity index (χ2n) is 7.82. The Kier molecular flexibility index (Phi) is 8.01. The molecule has 0 radical (unpaired) electrons. The van der Waals surface area contributed by atoms with Gasteiger partial charge < -0.3 is 10.8 Å². The van der Waals surface area contributed by atoms with Gasteiger partial charge in [-0.2, -0.15) is 5.01 Å². The van der Waals surface area contributed by atoms with E-state index in [0.29, 0.717) is 11.1 Å². The molecule has 180 valence electrons. The Hall–Kier alpha value is -3.92. The lowest BCUT2D eigenvalue weighted by molar-refractivity contribution is -0.157. The van der Waals surface area contributed by atoms with Crippen LogP contribution < -0.4 is 5.73 Å². The zero-order valence-corrected chi connectivity index (χ0v) is 19.5. The van der Waals surface area contributed by atoms with Gasteiger partial charge in [-0.1, -0.05) is 54.6 Å². The number of carboxylic acid groups (broad SMARTS) is 1. The first-order chi connectivity index (χ1) is 15.6. The largest absolute Gasteiger partial charge is 0.481 e. The zero-order chi connectivity index (χ0) is 24.3. The Labute approximate surface area is 202 Å². The summed E-state index contributed by atoms with van der Waals surface area (Å²) in [6.45, 7) is 2.49. The summed E-state index contributed by atoms with van der Waals surface area (Å²) >= 11 is 0. The monoisotopic (exact) mass is 487 g/mol. The predicted molar refractivity (Wildman–Crippen MR) is 126 cm³/mol. The molecular formula is C23H26ClN5O5. The van der Waals surface area contributed by atoms with Crippen LogP contribution in [0, 0.1) is 5.41 Å². The van der Waals surface area contributed by atoms with Crippen LogP contribution in [0.1, 0.15) is 37.0 Å². The number of halogens is 1. The Morgan fingerprint density at radius 2 is 1.68 bits per heavy atom. The summed E-state index contributed by atoms with van der Waals surface area (Å²) in [4.78, 5) is 51.9. The number of nitrogens with zero attached hydrogens (tertiary/aromatic N) is 3. The highest BCUT2D eigenvalue weighted by Crippen LogP contribution is 2.39. The molecule has 1 aliphatic heterocycles. The van der Waals surface area contributed by atoms with E-state index < -0.39 is 35.8 Å². The second-order valence-corrected chi connectivity index (χ2v) is 7.82. The van der Waals surface area contributed by atoms with Crippen molar-refractivity contribution in [3.05, 3.63) is 71.3 Å². The standard InChI is InChI=1S/C23H25N5O5.ClH/c1-15(29)27(13-12-19(30)31)28-21(32)23(2,18-10-8-17(9-11-18)20(24)25)26(22(28)33)14-16-6-4-3-5-7-16;/h3-11H,12-14H2,1-2H3,(H3,24,25)(H,30,31);1H. The van der Waals surface area contributed by atoms with E-state index >= 15 is 0 Å². The number of carboxylic acids is 1. The number of aliphatic carboxylic acids is 1. The number of carbonyl (C=O) groups is 4. The molecule has 0 saturated carbocycles. The lowest BCUT2D eigenvalue weighted by Gasteiger charge is -2.32. The summed E-state index contributed by atoms with van der Waals surface area (Å²) in [6.07, 6.45) is -0.431. The summed E-state index contributed by atoms with van der Waals surface area (Å²) in [5, 5.41) is 18.2. The molecule has 1 unspecified atom stereocenters. The average Bonchev–Trinajstić information content (AvgIpc) is 2.96. The quantitative estimate of drug-likeness (QED) is 0.295. The summed E-state index contributed by atoms with van der Waals surface area (Å²) in [5.74, 6) is -2.61. The second kappa shape index (κ2) is 10.3. The van der Waals surface area contributed by atoms with Gasteiger partial charge in [0, 0.05) is 19.0 Å². The molecule has 4 N–H and O–H groups in total. The summed E-state index contributed by atoms with van der Waals surface area (Å²) in [6, 6.07) is 14.7. The molecule has 1 atom stereocenters. The molecule has 0 spiro atoms. The van der Waals surface area contributed by atoms with E-state index in [1.807, 2.05) is 30.3 Å². The highest BCUT2D eigenvalue weighted by atomic mass is 35.5. The van der Waals surface area contributed by atoms with Crippen molar-refractivity contribution in [1.29, 1.82) is 5.41 Å². The van der Waals surface area contributed by atoms with Crippen molar-refractivity contribution in [2.75, 3.05) is 6.54 Å². The number of nitrogens with two attached hydrogens (primary N) is 1. The number of nitrogen functional groups attached to an aromatic ring is 1. The fraction of sp³-hybridized carbons (Fsp3) is 0.261. The molecule has 0 aromatic heterocycles. The number of rotatable bonds is 8. The van der Waals surface area contributed by atoms with Gasteiger partial charge in [-0.05, 0) is 18.1 Å². The third-order valence-electron chi connectivity index (χ3n) is 5.64. The van der Waals surface area contributed by atoms with E-state index in [1.54, 1.807) is 31.2 Å². The molecule has 0 aliphatic carbocycles. The first kappa shape index (κ1) is 26.3. The molecule has 0 bridgehead atoms. The molecule has 2 aromatic carbocycles. The van der Waals surface area contributed by atoms with Crippen molar-refractivity contribution in [1.82, 2.24) is 14.9 Å². The van der Waals surface area contributed by atoms with Crippen molar-refractivity contribution >= 4 is 42.1 Å². The number of benzene rings is 2. The van der Waals surface area contributed by atoms with Crippen molar-refractivity contribution in [3.63, 3.8) is 0 Å². The predicted octanol–water partition coefficient (Wildman–Crippen LogP) is 2.31. The van der Waals surface area contributed by atoms with Crippen LogP contribution in [0.3, 0.4) is 0 Å². The normalized spacial score (nSPS) is 17.4. The van der Waals surface area contributed by atoms with Crippen molar-refractivity contribution in [2.24, 2.45) is 5.73 Å². The number of imide groups is 1. The minimum absolute atomic E-state index is 0. The zero-order valence-electron chi connectivity index (χ0n) is 18.7. The lowest BCUT2D eigenvalue weighted by atomic mass is 9.89. The molecular weight excluding hydrogens is 462 g/mol. The van der Waals surface area contributed by atoms with Crippen LogP contribution in [0.25, 0.3) is 0 Å². The molecule has 3 rings (SSSR count). The van der Waals surface area contributed by atoms with Crippen LogP contribution >= 0.6 is 12.4 Å². The van der Waals surface area contributed by atoms with E-state index in [4.69, 9.17) is 16.2 Å². The molecule has 1 fully saturated rings. The molecule has 2 aromatic rings. The maximum atomic E-state index is 13.7. The van der Waals surface area contributed by atoms with Gasteiger partial charge in [-0.3, -0.25) is 24.7 Å². The van der Waals surface area contributed by atoms with Crippen LogP contribution in [0.2, 0.25) is 0 Å². The molecule has 34 heavy (non-hydrogen) atoms. The van der Waals surface area contributed by atoms with Gasteiger partial charge in [-0.15, -0.1) is 12.4 Å². The Balaban J connectivity index is 0.00000408. The number of amides is 4. The lowest BCUT2D eigenvalue weighted by Crippen LogP contribution is -2.51. The molecule has 4 amide bonds. The molecule has 11 heteroatoms. The molecule has 1 saturated heterocycles. The van der Waals surface area contributed by atoms with Gasteiger partial charge in [0.1, 0.15) is 11.4 Å². The number of hydrogen-bond donors (Lipinski definition) is 3. The summed E-state index contributed by atoms with van der Waals surface area (Å²) in [7, 11) is 0. The number of urea groups is 1. The fourth-order valence-electron chi connectivity index (χ4n) is 3.77. The number of carbonyl (C=O) groups excluding carboxylic acids is 3. The van der Waals surface area contributed by atoms with Crippen LogP contribution in [0.15, 0.2) is 54.6 Å². The van der Waals surface area contributed by atoms with Crippen LogP contribution in [0.5, 0.6) is 0 Å². The fourth-order valence-corrected chi connectivity index (χ4v) is 3.77. The highest BCUT2D eigenvalue weighted by molar-refractivity contribution is 6.08. The van der Waals surface area contributed by atoms with Gasteiger partial charge in [0.2, 0.25) is 5.91 Å². The third kappa shape index (κ3) is 4.86. The minimum Gasteiger partial charge on any atom is -0.481 e. The van der Waals surface area contributed by atoms with Gasteiger partial charge in [0.15, 0.2) is 0 Å². The van der Waals surface area contributed by atoms with Gasteiger partial charge in [0.25, 0.3) is 5.91 Å². The molecule has 10 nitrogen and oxygen atoms in total. The number of hydrazine groups is 1. The number of amidine groups is 1. The van der Waals surface area contributed by atoms with Gasteiger partial charge in [0.05, 0.1) is 13.0 Å². The third-order valence-corrected chi connectivity index (χ3v) is 5.64.